The molecule has 0 aliphatic carbocycles. The van der Waals surface area contributed by atoms with Gasteiger partial charge in [-0.15, -0.1) is 0 Å². The molecule has 0 saturated heterocycles. The summed E-state index contributed by atoms with van der Waals surface area (Å²) in [7, 11) is 0. The number of nitrogens with zero attached hydrogens (tertiary/aromatic N) is 1. The van der Waals surface area contributed by atoms with E-state index in [9.17, 15) is 14.4 Å². The molecule has 21 heavy (non-hydrogen) atoms. The lowest BCUT2D eigenvalue weighted by atomic mass is 10.2. The third-order valence-electron chi connectivity index (χ3n) is 2.85. The molecular weight excluding hydrogens is 276 g/mol. The molecule has 1 atom stereocenters. The van der Waals surface area contributed by atoms with Gasteiger partial charge in [-0.1, -0.05) is 12.1 Å². The molecule has 1 aromatic rings. The van der Waals surface area contributed by atoms with Gasteiger partial charge in [0.1, 0.15) is 6.04 Å². The molecule has 1 rings (SSSR count). The highest BCUT2D eigenvalue weighted by Gasteiger charge is 2.25. The molecule has 2 amide bonds. The van der Waals surface area contributed by atoms with E-state index in [0.717, 1.165) is 5.56 Å². The van der Waals surface area contributed by atoms with Crippen molar-refractivity contribution < 1.29 is 24.6 Å². The fourth-order valence-corrected chi connectivity index (χ4v) is 1.84. The summed E-state index contributed by atoms with van der Waals surface area (Å²) in [6.07, 6.45) is -0.674. The Bertz CT molecular complexity index is 544. The van der Waals surface area contributed by atoms with Crippen LogP contribution in [0.1, 0.15) is 18.9 Å². The summed E-state index contributed by atoms with van der Waals surface area (Å²) >= 11 is 0. The second kappa shape index (κ2) is 7.28. The van der Waals surface area contributed by atoms with E-state index in [1.807, 2.05) is 13.0 Å². The zero-order chi connectivity index (χ0) is 16.0. The number of carboxylic acid groups (broad SMARTS) is 2. The van der Waals surface area contributed by atoms with Crippen molar-refractivity contribution in [3.8, 4) is 0 Å². The molecule has 0 aliphatic heterocycles. The van der Waals surface area contributed by atoms with E-state index in [1.165, 1.54) is 4.90 Å². The van der Waals surface area contributed by atoms with Crippen LogP contribution in [0.2, 0.25) is 0 Å². The number of carbonyl (C=O) groups excluding carboxylic acids is 1. The summed E-state index contributed by atoms with van der Waals surface area (Å²) in [5.74, 6) is -2.67. The quantitative estimate of drug-likeness (QED) is 0.736. The first kappa shape index (κ1) is 16.5. The van der Waals surface area contributed by atoms with Gasteiger partial charge in [-0.05, 0) is 31.5 Å². The van der Waals surface area contributed by atoms with Gasteiger partial charge in [-0.2, -0.15) is 0 Å². The number of rotatable bonds is 6. The van der Waals surface area contributed by atoms with E-state index in [2.05, 4.69) is 5.32 Å². The molecule has 0 saturated carbocycles. The van der Waals surface area contributed by atoms with Gasteiger partial charge in [0.05, 0.1) is 6.42 Å². The summed E-state index contributed by atoms with van der Waals surface area (Å²) in [4.78, 5) is 35.1. The van der Waals surface area contributed by atoms with E-state index in [4.69, 9.17) is 10.2 Å². The maximum Gasteiger partial charge on any atom is 0.326 e. The first-order valence-corrected chi connectivity index (χ1v) is 6.44. The number of amides is 2. The second-order valence-electron chi connectivity index (χ2n) is 4.52. The molecule has 1 unspecified atom stereocenters. The molecule has 3 N–H and O–H groups in total. The lowest BCUT2D eigenvalue weighted by Crippen LogP contribution is -2.49. The molecule has 1 aromatic carbocycles. The monoisotopic (exact) mass is 294 g/mol. The second-order valence-corrected chi connectivity index (χ2v) is 4.52. The third-order valence-corrected chi connectivity index (χ3v) is 2.85. The van der Waals surface area contributed by atoms with Gasteiger partial charge in [0.2, 0.25) is 0 Å². The van der Waals surface area contributed by atoms with Crippen LogP contribution in [-0.2, 0) is 9.59 Å². The van der Waals surface area contributed by atoms with E-state index < -0.39 is 30.4 Å². The van der Waals surface area contributed by atoms with Crippen molar-refractivity contribution in [2.24, 2.45) is 0 Å². The van der Waals surface area contributed by atoms with E-state index in [0.29, 0.717) is 12.2 Å². The molecule has 0 radical (unpaired) electrons. The minimum absolute atomic E-state index is 0.328. The number of urea groups is 1. The smallest absolute Gasteiger partial charge is 0.326 e. The lowest BCUT2D eigenvalue weighted by Gasteiger charge is -2.23. The van der Waals surface area contributed by atoms with E-state index >= 15 is 0 Å². The molecule has 7 nitrogen and oxygen atoms in total. The summed E-state index contributed by atoms with van der Waals surface area (Å²) < 4.78 is 0. The Morgan fingerprint density at radius 2 is 1.95 bits per heavy atom. The van der Waals surface area contributed by atoms with Gasteiger partial charge >= 0.3 is 18.0 Å². The molecule has 0 aliphatic rings. The number of nitrogens with one attached hydrogen (secondary N) is 1. The Kier molecular flexibility index (Phi) is 5.71. The van der Waals surface area contributed by atoms with Crippen molar-refractivity contribution in [1.29, 1.82) is 0 Å². The highest BCUT2D eigenvalue weighted by atomic mass is 16.4. The first-order valence-electron chi connectivity index (χ1n) is 6.44. The number of anilines is 1. The van der Waals surface area contributed by atoms with E-state index in [-0.39, 0.29) is 0 Å². The summed E-state index contributed by atoms with van der Waals surface area (Å²) in [5, 5.41) is 19.8. The predicted octanol–water partition coefficient (Wildman–Crippen LogP) is 1.46. The van der Waals surface area contributed by atoms with Gasteiger partial charge in [-0.3, -0.25) is 9.69 Å². The number of carboxylic acids is 2. The van der Waals surface area contributed by atoms with Crippen LogP contribution < -0.4 is 10.2 Å². The number of benzene rings is 1. The molecule has 7 heteroatoms. The number of hydrogen-bond donors (Lipinski definition) is 3. The number of aliphatic carboxylic acids is 2. The molecule has 0 bridgehead atoms. The van der Waals surface area contributed by atoms with Gasteiger partial charge in [0.25, 0.3) is 0 Å². The highest BCUT2D eigenvalue weighted by molar-refractivity contribution is 5.95. The molecule has 0 fully saturated rings. The number of hydrogen-bond acceptors (Lipinski definition) is 3. The fourth-order valence-electron chi connectivity index (χ4n) is 1.84. The maximum absolute atomic E-state index is 12.1. The maximum atomic E-state index is 12.1. The van der Waals surface area contributed by atoms with Gasteiger partial charge in [0, 0.05) is 12.2 Å². The predicted molar refractivity (Wildman–Crippen MR) is 76.4 cm³/mol. The van der Waals surface area contributed by atoms with Crippen LogP contribution in [0, 0.1) is 6.92 Å². The van der Waals surface area contributed by atoms with Crippen molar-refractivity contribution in [3.63, 3.8) is 0 Å². The Morgan fingerprint density at radius 3 is 2.43 bits per heavy atom. The van der Waals surface area contributed by atoms with Crippen LogP contribution in [0.3, 0.4) is 0 Å². The summed E-state index contributed by atoms with van der Waals surface area (Å²) in [5.41, 5.74) is 1.58. The van der Waals surface area contributed by atoms with Crippen molar-refractivity contribution in [2.75, 3.05) is 11.4 Å². The van der Waals surface area contributed by atoms with Gasteiger partial charge < -0.3 is 15.5 Å². The largest absolute Gasteiger partial charge is 0.481 e. The Labute approximate surface area is 122 Å². The standard InChI is InChI=1S/C14H18N2O5/c1-3-16(10-6-4-5-9(2)7-10)14(21)15-11(13(19)20)8-12(17)18/h4-7,11H,3,8H2,1-2H3,(H,15,21)(H,17,18)(H,19,20). The van der Waals surface area contributed by atoms with Crippen molar-refractivity contribution in [3.05, 3.63) is 29.8 Å². The van der Waals surface area contributed by atoms with Crippen molar-refractivity contribution in [2.45, 2.75) is 26.3 Å². The average Bonchev–Trinajstić information content (AvgIpc) is 2.38. The first-order chi connectivity index (χ1) is 9.85. The number of aryl methyl sites for hydroxylation is 1. The number of carbonyl (C=O) groups is 3. The molecule has 0 aromatic heterocycles. The minimum atomic E-state index is -1.46. The molecule has 114 valence electrons. The lowest BCUT2D eigenvalue weighted by molar-refractivity contribution is -0.145. The normalized spacial score (nSPS) is 11.5. The van der Waals surface area contributed by atoms with E-state index in [1.54, 1.807) is 25.1 Å². The van der Waals surface area contributed by atoms with Crippen LogP contribution in [0.4, 0.5) is 10.5 Å². The topological polar surface area (TPSA) is 107 Å². The van der Waals surface area contributed by atoms with Crippen LogP contribution >= 0.6 is 0 Å². The fraction of sp³-hybridized carbons (Fsp3) is 0.357. The van der Waals surface area contributed by atoms with Crippen LogP contribution in [0.15, 0.2) is 24.3 Å². The Morgan fingerprint density at radius 1 is 1.29 bits per heavy atom. The molecule has 0 heterocycles. The highest BCUT2D eigenvalue weighted by Crippen LogP contribution is 2.16. The summed E-state index contributed by atoms with van der Waals surface area (Å²) in [6, 6.07) is 5.07. The average molecular weight is 294 g/mol. The van der Waals surface area contributed by atoms with Crippen LogP contribution in [-0.4, -0.2) is 40.8 Å². The van der Waals surface area contributed by atoms with Crippen molar-refractivity contribution >= 4 is 23.7 Å². The molecule has 0 spiro atoms. The minimum Gasteiger partial charge on any atom is -0.481 e. The Hall–Kier alpha value is -2.57. The van der Waals surface area contributed by atoms with Gasteiger partial charge in [0.15, 0.2) is 0 Å². The molecular formula is C14H18N2O5. The zero-order valence-electron chi connectivity index (χ0n) is 11.9. The van der Waals surface area contributed by atoms with Crippen LogP contribution in [0.25, 0.3) is 0 Å². The zero-order valence-corrected chi connectivity index (χ0v) is 11.9. The van der Waals surface area contributed by atoms with Crippen LogP contribution in [0.5, 0.6) is 0 Å². The Balaban J connectivity index is 2.88. The third kappa shape index (κ3) is 4.79. The SMILES string of the molecule is CCN(C(=O)NC(CC(=O)O)C(=O)O)c1cccc(C)c1. The van der Waals surface area contributed by atoms with Gasteiger partial charge in [-0.25, -0.2) is 9.59 Å². The van der Waals surface area contributed by atoms with Crippen molar-refractivity contribution in [1.82, 2.24) is 5.32 Å². The summed E-state index contributed by atoms with van der Waals surface area (Å²) in [6.45, 7) is 3.95.